The van der Waals surface area contributed by atoms with Gasteiger partial charge in [-0.1, -0.05) is 12.1 Å². The zero-order chi connectivity index (χ0) is 17.6. The summed E-state index contributed by atoms with van der Waals surface area (Å²) in [6.07, 6.45) is 2.51. The zero-order valence-corrected chi connectivity index (χ0v) is 14.5. The quantitative estimate of drug-likeness (QED) is 0.793. The van der Waals surface area contributed by atoms with Crippen LogP contribution in [-0.4, -0.2) is 51.2 Å². The molecule has 0 aliphatic carbocycles. The lowest BCUT2D eigenvalue weighted by atomic mass is 9.99. The second-order valence-electron chi connectivity index (χ2n) is 5.90. The lowest BCUT2D eigenvalue weighted by molar-refractivity contribution is -0.127. The highest BCUT2D eigenvalue weighted by Crippen LogP contribution is 2.14. The Hall–Kier alpha value is -1.51. The van der Waals surface area contributed by atoms with Crippen molar-refractivity contribution in [2.75, 3.05) is 32.6 Å². The van der Waals surface area contributed by atoms with Crippen molar-refractivity contribution in [2.24, 2.45) is 5.92 Å². The van der Waals surface area contributed by atoms with E-state index in [1.807, 2.05) is 0 Å². The van der Waals surface area contributed by atoms with E-state index in [0.717, 1.165) is 6.26 Å². The molecule has 0 radical (unpaired) electrons. The minimum Gasteiger partial charge on any atom is -0.381 e. The predicted octanol–water partition coefficient (Wildman–Crippen LogP) is 1.13. The van der Waals surface area contributed by atoms with Crippen molar-refractivity contribution in [2.45, 2.75) is 19.4 Å². The molecule has 24 heavy (non-hydrogen) atoms. The normalized spacial score (nSPS) is 16.3. The number of halogens is 1. The Labute approximate surface area is 142 Å². The summed E-state index contributed by atoms with van der Waals surface area (Å²) in [7, 11) is -3.43. The number of sulfonamides is 1. The van der Waals surface area contributed by atoms with Gasteiger partial charge in [0.15, 0.2) is 0 Å². The number of rotatable bonds is 7. The van der Waals surface area contributed by atoms with Crippen molar-refractivity contribution in [3.05, 3.63) is 35.6 Å². The summed E-state index contributed by atoms with van der Waals surface area (Å²) in [5, 5.41) is 2.79. The van der Waals surface area contributed by atoms with Gasteiger partial charge in [0, 0.05) is 38.8 Å². The number of ether oxygens (including phenoxy) is 1. The molecule has 0 aromatic heterocycles. The Morgan fingerprint density at radius 1 is 1.29 bits per heavy atom. The van der Waals surface area contributed by atoms with Crippen molar-refractivity contribution in [1.29, 1.82) is 0 Å². The van der Waals surface area contributed by atoms with E-state index in [1.54, 1.807) is 12.1 Å². The molecule has 8 heteroatoms. The van der Waals surface area contributed by atoms with Gasteiger partial charge in [0.1, 0.15) is 5.82 Å². The molecule has 1 fully saturated rings. The average molecular weight is 358 g/mol. The lowest BCUT2D eigenvalue weighted by Crippen LogP contribution is -2.40. The monoisotopic (exact) mass is 358 g/mol. The molecule has 0 spiro atoms. The Balaban J connectivity index is 1.87. The maximum absolute atomic E-state index is 12.9. The van der Waals surface area contributed by atoms with Crippen LogP contribution in [0.3, 0.4) is 0 Å². The molecule has 1 aromatic rings. The molecule has 0 saturated carbocycles. The van der Waals surface area contributed by atoms with Gasteiger partial charge >= 0.3 is 0 Å². The van der Waals surface area contributed by atoms with Crippen LogP contribution in [0.15, 0.2) is 24.3 Å². The molecular weight excluding hydrogens is 335 g/mol. The minimum atomic E-state index is -3.43. The van der Waals surface area contributed by atoms with Crippen LogP contribution in [0.4, 0.5) is 4.39 Å². The van der Waals surface area contributed by atoms with E-state index in [2.05, 4.69) is 5.32 Å². The highest BCUT2D eigenvalue weighted by Gasteiger charge is 2.22. The summed E-state index contributed by atoms with van der Waals surface area (Å²) in [6.45, 7) is 1.72. The number of nitrogens with zero attached hydrogens (tertiary/aromatic N) is 1. The van der Waals surface area contributed by atoms with Gasteiger partial charge in [0.25, 0.3) is 0 Å². The number of carbonyl (C=O) groups is 1. The van der Waals surface area contributed by atoms with Crippen LogP contribution >= 0.6 is 0 Å². The third-order valence-corrected chi connectivity index (χ3v) is 5.24. The second-order valence-corrected chi connectivity index (χ2v) is 7.88. The van der Waals surface area contributed by atoms with Gasteiger partial charge in [-0.05, 0) is 30.5 Å². The zero-order valence-electron chi connectivity index (χ0n) is 13.7. The molecule has 1 aliphatic heterocycles. The first-order chi connectivity index (χ1) is 11.4. The van der Waals surface area contributed by atoms with Gasteiger partial charge < -0.3 is 10.1 Å². The first-order valence-corrected chi connectivity index (χ1v) is 9.76. The summed E-state index contributed by atoms with van der Waals surface area (Å²) in [5.41, 5.74) is 0.692. The molecule has 134 valence electrons. The summed E-state index contributed by atoms with van der Waals surface area (Å²) < 4.78 is 43.2. The topological polar surface area (TPSA) is 75.7 Å². The van der Waals surface area contributed by atoms with E-state index < -0.39 is 10.0 Å². The Bertz CT molecular complexity index is 643. The van der Waals surface area contributed by atoms with Crippen LogP contribution < -0.4 is 5.32 Å². The fourth-order valence-electron chi connectivity index (χ4n) is 2.56. The lowest BCUT2D eigenvalue weighted by Gasteiger charge is -2.23. The average Bonchev–Trinajstić information content (AvgIpc) is 2.55. The molecule has 1 heterocycles. The minimum absolute atomic E-state index is 0.0615. The molecule has 1 saturated heterocycles. The molecule has 2 rings (SSSR count). The van der Waals surface area contributed by atoms with Crippen molar-refractivity contribution in [3.8, 4) is 0 Å². The largest absolute Gasteiger partial charge is 0.381 e. The molecular formula is C16H23FN2O4S. The third kappa shape index (κ3) is 5.85. The summed E-state index contributed by atoms with van der Waals surface area (Å²) in [5.74, 6) is -0.496. The van der Waals surface area contributed by atoms with E-state index >= 15 is 0 Å². The van der Waals surface area contributed by atoms with Crippen LogP contribution in [0.1, 0.15) is 18.4 Å². The number of benzene rings is 1. The van der Waals surface area contributed by atoms with Crippen LogP contribution in [0.2, 0.25) is 0 Å². The van der Waals surface area contributed by atoms with Crippen molar-refractivity contribution < 1.29 is 22.3 Å². The molecule has 6 nitrogen and oxygen atoms in total. The first kappa shape index (κ1) is 18.8. The first-order valence-electron chi connectivity index (χ1n) is 7.91. The van der Waals surface area contributed by atoms with E-state index in [0.29, 0.717) is 31.6 Å². The molecule has 1 aromatic carbocycles. The van der Waals surface area contributed by atoms with Gasteiger partial charge in [0.05, 0.1) is 6.26 Å². The smallest absolute Gasteiger partial charge is 0.223 e. The number of carbonyl (C=O) groups excluding carboxylic acids is 1. The van der Waals surface area contributed by atoms with Gasteiger partial charge in [-0.15, -0.1) is 0 Å². The maximum Gasteiger partial charge on any atom is 0.223 e. The fraction of sp³-hybridized carbons (Fsp3) is 0.562. The standard InChI is InChI=1S/C16H23FN2O4S/c1-24(21,22)19(12-13-2-4-15(17)5-3-13)9-8-18-16(20)14-6-10-23-11-7-14/h2-5,14H,6-12H2,1H3,(H,18,20). The molecule has 1 N–H and O–H groups in total. The van der Waals surface area contributed by atoms with Crippen LogP contribution in [0, 0.1) is 11.7 Å². The Morgan fingerprint density at radius 3 is 2.50 bits per heavy atom. The highest BCUT2D eigenvalue weighted by molar-refractivity contribution is 7.88. The number of amides is 1. The molecule has 0 bridgehead atoms. The Kier molecular flexibility index (Phi) is 6.70. The van der Waals surface area contributed by atoms with E-state index in [1.165, 1.54) is 16.4 Å². The van der Waals surface area contributed by atoms with E-state index in [4.69, 9.17) is 4.74 Å². The maximum atomic E-state index is 12.9. The van der Waals surface area contributed by atoms with Gasteiger partial charge in [0.2, 0.25) is 15.9 Å². The van der Waals surface area contributed by atoms with Gasteiger partial charge in [-0.3, -0.25) is 4.79 Å². The van der Waals surface area contributed by atoms with E-state index in [9.17, 15) is 17.6 Å². The highest BCUT2D eigenvalue weighted by atomic mass is 32.2. The molecule has 1 aliphatic rings. The number of hydrogen-bond donors (Lipinski definition) is 1. The Morgan fingerprint density at radius 2 is 1.92 bits per heavy atom. The second kappa shape index (κ2) is 8.55. The summed E-state index contributed by atoms with van der Waals surface area (Å²) in [4.78, 5) is 12.0. The predicted molar refractivity (Wildman–Crippen MR) is 88.2 cm³/mol. The molecule has 0 atom stereocenters. The van der Waals surface area contributed by atoms with Crippen molar-refractivity contribution in [3.63, 3.8) is 0 Å². The molecule has 1 amide bonds. The molecule has 0 unspecified atom stereocenters. The van der Waals surface area contributed by atoms with Crippen LogP contribution in [0.5, 0.6) is 0 Å². The summed E-state index contributed by atoms with van der Waals surface area (Å²) >= 11 is 0. The van der Waals surface area contributed by atoms with Gasteiger partial charge in [-0.25, -0.2) is 12.8 Å². The van der Waals surface area contributed by atoms with Gasteiger partial charge in [-0.2, -0.15) is 4.31 Å². The third-order valence-electron chi connectivity index (χ3n) is 3.99. The van der Waals surface area contributed by atoms with Crippen molar-refractivity contribution in [1.82, 2.24) is 9.62 Å². The van der Waals surface area contributed by atoms with E-state index in [-0.39, 0.29) is 37.3 Å². The number of hydrogen-bond acceptors (Lipinski definition) is 4. The summed E-state index contributed by atoms with van der Waals surface area (Å²) in [6, 6.07) is 5.69. The SMILES string of the molecule is CS(=O)(=O)N(CCNC(=O)C1CCOCC1)Cc1ccc(F)cc1. The fourth-order valence-corrected chi connectivity index (χ4v) is 3.37. The number of nitrogens with one attached hydrogen (secondary N) is 1. The van der Waals surface area contributed by atoms with Crippen LogP contribution in [-0.2, 0) is 26.1 Å². The van der Waals surface area contributed by atoms with Crippen molar-refractivity contribution >= 4 is 15.9 Å². The van der Waals surface area contributed by atoms with Crippen LogP contribution in [0.25, 0.3) is 0 Å².